The molecule has 0 spiro atoms. The topological polar surface area (TPSA) is 55.1 Å². The minimum Gasteiger partial charge on any atom is -0.361 e. The lowest BCUT2D eigenvalue weighted by Gasteiger charge is -2.29. The molecule has 1 aromatic heterocycles. The summed E-state index contributed by atoms with van der Waals surface area (Å²) in [6, 6.07) is 1.72. The highest BCUT2D eigenvalue weighted by molar-refractivity contribution is 5.92. The first kappa shape index (κ1) is 16.7. The number of hydrogen-bond donors (Lipinski definition) is 1. The predicted octanol–water partition coefficient (Wildman–Crippen LogP) is 3.96. The van der Waals surface area contributed by atoms with Gasteiger partial charge in [-0.15, -0.1) is 0 Å². The molecule has 1 atom stereocenters. The van der Waals surface area contributed by atoms with Crippen LogP contribution < -0.4 is 5.32 Å². The molecule has 20 heavy (non-hydrogen) atoms. The van der Waals surface area contributed by atoms with E-state index in [1.54, 1.807) is 6.07 Å². The van der Waals surface area contributed by atoms with E-state index in [0.717, 1.165) is 31.4 Å². The van der Waals surface area contributed by atoms with Crippen molar-refractivity contribution < 1.29 is 9.32 Å². The lowest BCUT2D eigenvalue weighted by Crippen LogP contribution is -2.36. The molecule has 0 saturated carbocycles. The van der Waals surface area contributed by atoms with Gasteiger partial charge in [0.25, 0.3) is 5.91 Å². The van der Waals surface area contributed by atoms with E-state index in [2.05, 4.69) is 31.2 Å². The van der Waals surface area contributed by atoms with Crippen molar-refractivity contribution in [2.75, 3.05) is 6.54 Å². The van der Waals surface area contributed by atoms with Gasteiger partial charge in [0.2, 0.25) is 0 Å². The molecule has 1 unspecified atom stereocenters. The summed E-state index contributed by atoms with van der Waals surface area (Å²) in [4.78, 5) is 12.1. The second-order valence-corrected chi connectivity index (χ2v) is 5.88. The zero-order valence-electron chi connectivity index (χ0n) is 13.3. The molecule has 0 radical (unpaired) electrons. The Hall–Kier alpha value is -1.32. The zero-order valence-corrected chi connectivity index (χ0v) is 13.3. The van der Waals surface area contributed by atoms with Crippen LogP contribution in [0.5, 0.6) is 0 Å². The monoisotopic (exact) mass is 280 g/mol. The van der Waals surface area contributed by atoms with Crippen LogP contribution in [0.3, 0.4) is 0 Å². The van der Waals surface area contributed by atoms with Gasteiger partial charge in [-0.05, 0) is 18.3 Å². The van der Waals surface area contributed by atoms with Crippen molar-refractivity contribution >= 4 is 5.91 Å². The number of unbranched alkanes of at least 4 members (excludes halogenated alkanes) is 1. The smallest absolute Gasteiger partial charge is 0.273 e. The molecule has 0 aliphatic heterocycles. The number of amides is 1. The standard InChI is InChI=1S/C16H28N2O2/c1-5-8-10-16(4,9-6-2)12-17-15(19)14-11-13(7-3)20-18-14/h11H,5-10,12H2,1-4H3,(H,17,19). The molecule has 114 valence electrons. The van der Waals surface area contributed by atoms with Crippen LogP contribution in [0.15, 0.2) is 10.6 Å². The number of aromatic nitrogens is 1. The van der Waals surface area contributed by atoms with Crippen molar-refractivity contribution in [3.63, 3.8) is 0 Å². The van der Waals surface area contributed by atoms with Crippen LogP contribution in [0.25, 0.3) is 0 Å². The van der Waals surface area contributed by atoms with Gasteiger partial charge < -0.3 is 9.84 Å². The lowest BCUT2D eigenvalue weighted by molar-refractivity contribution is 0.0917. The molecule has 1 amide bonds. The van der Waals surface area contributed by atoms with Gasteiger partial charge in [0.1, 0.15) is 5.76 Å². The highest BCUT2D eigenvalue weighted by atomic mass is 16.5. The fourth-order valence-corrected chi connectivity index (χ4v) is 2.48. The quantitative estimate of drug-likeness (QED) is 0.744. The number of carbonyl (C=O) groups is 1. The summed E-state index contributed by atoms with van der Waals surface area (Å²) < 4.78 is 5.07. The van der Waals surface area contributed by atoms with E-state index < -0.39 is 0 Å². The van der Waals surface area contributed by atoms with Gasteiger partial charge in [-0.3, -0.25) is 4.79 Å². The molecule has 0 aliphatic rings. The van der Waals surface area contributed by atoms with E-state index in [-0.39, 0.29) is 11.3 Å². The molecule has 1 heterocycles. The van der Waals surface area contributed by atoms with Gasteiger partial charge >= 0.3 is 0 Å². The summed E-state index contributed by atoms with van der Waals surface area (Å²) in [5, 5.41) is 6.82. The lowest BCUT2D eigenvalue weighted by atomic mass is 9.80. The van der Waals surface area contributed by atoms with Crippen LogP contribution in [0.2, 0.25) is 0 Å². The molecule has 0 fully saturated rings. The van der Waals surface area contributed by atoms with Crippen molar-refractivity contribution in [1.29, 1.82) is 0 Å². The molecule has 0 aliphatic carbocycles. The van der Waals surface area contributed by atoms with Crippen LogP contribution in [0.1, 0.15) is 76.0 Å². The third-order valence-electron chi connectivity index (χ3n) is 3.80. The summed E-state index contributed by atoms with van der Waals surface area (Å²) in [7, 11) is 0. The molecule has 1 N–H and O–H groups in total. The summed E-state index contributed by atoms with van der Waals surface area (Å²) in [6.07, 6.45) is 6.57. The van der Waals surface area contributed by atoms with Gasteiger partial charge in [-0.1, -0.05) is 52.1 Å². The Morgan fingerprint density at radius 3 is 2.60 bits per heavy atom. The number of nitrogens with one attached hydrogen (secondary N) is 1. The Morgan fingerprint density at radius 2 is 2.05 bits per heavy atom. The van der Waals surface area contributed by atoms with E-state index in [4.69, 9.17) is 4.52 Å². The normalized spacial score (nSPS) is 14.0. The molecule has 4 heteroatoms. The maximum atomic E-state index is 12.1. The van der Waals surface area contributed by atoms with Crippen LogP contribution in [-0.4, -0.2) is 17.6 Å². The molecular formula is C16H28N2O2. The Morgan fingerprint density at radius 1 is 1.30 bits per heavy atom. The highest BCUT2D eigenvalue weighted by Gasteiger charge is 2.24. The average molecular weight is 280 g/mol. The first-order chi connectivity index (χ1) is 9.54. The van der Waals surface area contributed by atoms with Crippen LogP contribution in [-0.2, 0) is 6.42 Å². The molecular weight excluding hydrogens is 252 g/mol. The van der Waals surface area contributed by atoms with Crippen molar-refractivity contribution in [2.45, 2.75) is 66.2 Å². The molecule has 1 aromatic rings. The predicted molar refractivity (Wildman–Crippen MR) is 80.8 cm³/mol. The minimum absolute atomic E-state index is 0.132. The van der Waals surface area contributed by atoms with Gasteiger partial charge in [-0.2, -0.15) is 0 Å². The Labute approximate surface area is 122 Å². The number of rotatable bonds is 9. The summed E-state index contributed by atoms with van der Waals surface area (Å²) in [5.74, 6) is 0.615. The second kappa shape index (κ2) is 8.08. The third-order valence-corrected chi connectivity index (χ3v) is 3.80. The minimum atomic E-state index is -0.132. The van der Waals surface area contributed by atoms with E-state index >= 15 is 0 Å². The van der Waals surface area contributed by atoms with Gasteiger partial charge in [0.15, 0.2) is 5.69 Å². The van der Waals surface area contributed by atoms with E-state index in [1.165, 1.54) is 12.8 Å². The molecule has 0 aromatic carbocycles. The molecule has 0 saturated heterocycles. The highest BCUT2D eigenvalue weighted by Crippen LogP contribution is 2.29. The molecule has 1 rings (SSSR count). The van der Waals surface area contributed by atoms with E-state index in [1.807, 2.05) is 6.92 Å². The van der Waals surface area contributed by atoms with Gasteiger partial charge in [-0.25, -0.2) is 0 Å². The average Bonchev–Trinajstić information content (AvgIpc) is 2.92. The van der Waals surface area contributed by atoms with Crippen LogP contribution in [0.4, 0.5) is 0 Å². The van der Waals surface area contributed by atoms with Crippen molar-refractivity contribution in [1.82, 2.24) is 10.5 Å². The summed E-state index contributed by atoms with van der Waals surface area (Å²) >= 11 is 0. The number of hydrogen-bond acceptors (Lipinski definition) is 3. The molecule has 4 nitrogen and oxygen atoms in total. The SMILES string of the molecule is CCCCC(C)(CCC)CNC(=O)c1cc(CC)on1. The fraction of sp³-hybridized carbons (Fsp3) is 0.750. The third kappa shape index (κ3) is 4.99. The maximum absolute atomic E-state index is 12.1. The maximum Gasteiger partial charge on any atom is 0.273 e. The summed E-state index contributed by atoms with van der Waals surface area (Å²) in [5.41, 5.74) is 0.564. The van der Waals surface area contributed by atoms with Crippen LogP contribution >= 0.6 is 0 Å². The largest absolute Gasteiger partial charge is 0.361 e. The number of aryl methyl sites for hydroxylation is 1. The van der Waals surface area contributed by atoms with Crippen molar-refractivity contribution in [3.8, 4) is 0 Å². The first-order valence-corrected chi connectivity index (χ1v) is 7.78. The summed E-state index contributed by atoms with van der Waals surface area (Å²) in [6.45, 7) is 9.33. The van der Waals surface area contributed by atoms with Gasteiger partial charge in [0, 0.05) is 19.0 Å². The number of carbonyl (C=O) groups excluding carboxylic acids is 1. The van der Waals surface area contributed by atoms with Crippen molar-refractivity contribution in [3.05, 3.63) is 17.5 Å². The zero-order chi connectivity index (χ0) is 15.0. The second-order valence-electron chi connectivity index (χ2n) is 5.88. The number of nitrogens with zero attached hydrogens (tertiary/aromatic N) is 1. The van der Waals surface area contributed by atoms with Crippen LogP contribution in [0, 0.1) is 5.41 Å². The Bertz CT molecular complexity index is 414. The van der Waals surface area contributed by atoms with Gasteiger partial charge in [0.05, 0.1) is 0 Å². The Kier molecular flexibility index (Phi) is 6.76. The Balaban J connectivity index is 2.55. The molecule has 0 bridgehead atoms. The van der Waals surface area contributed by atoms with E-state index in [9.17, 15) is 4.79 Å². The fourth-order valence-electron chi connectivity index (χ4n) is 2.48. The first-order valence-electron chi connectivity index (χ1n) is 7.78. The van der Waals surface area contributed by atoms with Crippen molar-refractivity contribution in [2.24, 2.45) is 5.41 Å². The van der Waals surface area contributed by atoms with E-state index in [0.29, 0.717) is 12.2 Å².